The van der Waals surface area contributed by atoms with E-state index in [9.17, 15) is 13.2 Å². The third-order valence-corrected chi connectivity index (χ3v) is 5.01. The van der Waals surface area contributed by atoms with Crippen LogP contribution in [0, 0.1) is 5.92 Å². The lowest BCUT2D eigenvalue weighted by atomic mass is 10.1. The molecule has 1 saturated carbocycles. The molecule has 0 aromatic rings. The maximum atomic E-state index is 12.2. The Morgan fingerprint density at radius 1 is 1.48 bits per heavy atom. The van der Waals surface area contributed by atoms with E-state index >= 15 is 0 Å². The number of rotatable bonds is 4. The Kier molecular flexibility index (Phi) is 3.58. The number of nitrogens with two attached hydrogens (primary N) is 1. The topological polar surface area (TPSA) is 105 Å². The number of carbonyl (C=O) groups excluding carboxylic acids is 1. The molecular weight excluding hydrogens is 292 g/mol. The van der Waals surface area contributed by atoms with Gasteiger partial charge in [0.05, 0.1) is 11.3 Å². The zero-order valence-corrected chi connectivity index (χ0v) is 12.3. The van der Waals surface area contributed by atoms with Crippen molar-refractivity contribution in [1.82, 2.24) is 10.2 Å². The Bertz CT molecular complexity index is 646. The highest BCUT2D eigenvalue weighted by molar-refractivity contribution is 7.90. The molecule has 2 heterocycles. The van der Waals surface area contributed by atoms with Crippen molar-refractivity contribution < 1.29 is 13.2 Å². The molecule has 1 unspecified atom stereocenters. The van der Waals surface area contributed by atoms with Crippen LogP contribution in [-0.4, -0.2) is 49.9 Å². The maximum absolute atomic E-state index is 12.2. The molecule has 1 atom stereocenters. The molecule has 3 aliphatic rings. The van der Waals surface area contributed by atoms with Gasteiger partial charge in [0.15, 0.2) is 0 Å². The first-order chi connectivity index (χ1) is 9.98. The molecule has 114 valence electrons. The van der Waals surface area contributed by atoms with Gasteiger partial charge < -0.3 is 16.0 Å². The molecule has 1 fully saturated rings. The SMILES string of the molecule is NCC(NC(=O)C1=CN2CCS(=O)(=O)N=C2C=C1)C1CC1. The van der Waals surface area contributed by atoms with Gasteiger partial charge in [-0.1, -0.05) is 0 Å². The van der Waals surface area contributed by atoms with Crippen LogP contribution in [0.5, 0.6) is 0 Å². The molecule has 1 amide bonds. The first-order valence-electron chi connectivity index (χ1n) is 6.98. The van der Waals surface area contributed by atoms with Crippen LogP contribution in [0.25, 0.3) is 0 Å². The lowest BCUT2D eigenvalue weighted by molar-refractivity contribution is -0.118. The van der Waals surface area contributed by atoms with Crippen molar-refractivity contribution in [3.63, 3.8) is 0 Å². The van der Waals surface area contributed by atoms with Crippen LogP contribution in [0.15, 0.2) is 28.3 Å². The molecular formula is C13H18N4O3S. The fourth-order valence-electron chi connectivity index (χ4n) is 2.45. The Morgan fingerprint density at radius 2 is 2.24 bits per heavy atom. The average molecular weight is 310 g/mol. The van der Waals surface area contributed by atoms with E-state index in [4.69, 9.17) is 5.73 Å². The van der Waals surface area contributed by atoms with Crippen molar-refractivity contribution >= 4 is 21.8 Å². The first-order valence-corrected chi connectivity index (χ1v) is 8.59. The largest absolute Gasteiger partial charge is 0.348 e. The monoisotopic (exact) mass is 310 g/mol. The number of amides is 1. The second-order valence-corrected chi connectivity index (χ2v) is 7.25. The summed E-state index contributed by atoms with van der Waals surface area (Å²) in [6.45, 7) is 0.743. The van der Waals surface area contributed by atoms with Crippen molar-refractivity contribution in [2.75, 3.05) is 18.8 Å². The molecule has 0 aromatic heterocycles. The van der Waals surface area contributed by atoms with Crippen LogP contribution < -0.4 is 11.1 Å². The summed E-state index contributed by atoms with van der Waals surface area (Å²) in [6, 6.07) is 0.0172. The van der Waals surface area contributed by atoms with Gasteiger partial charge in [-0.15, -0.1) is 4.40 Å². The van der Waals surface area contributed by atoms with Gasteiger partial charge in [0, 0.05) is 25.3 Å². The summed E-state index contributed by atoms with van der Waals surface area (Å²) in [5, 5.41) is 2.94. The molecule has 7 nitrogen and oxygen atoms in total. The second-order valence-electron chi connectivity index (χ2n) is 5.50. The molecule has 0 bridgehead atoms. The van der Waals surface area contributed by atoms with E-state index in [0.717, 1.165) is 12.8 Å². The molecule has 0 spiro atoms. The van der Waals surface area contributed by atoms with Crippen molar-refractivity contribution in [2.24, 2.45) is 16.0 Å². The molecule has 0 aromatic carbocycles. The highest BCUT2D eigenvalue weighted by Crippen LogP contribution is 2.32. The van der Waals surface area contributed by atoms with Crippen LogP contribution in [0.3, 0.4) is 0 Å². The number of carbonyl (C=O) groups is 1. The summed E-state index contributed by atoms with van der Waals surface area (Å²) in [6.07, 6.45) is 7.01. The fourth-order valence-corrected chi connectivity index (χ4v) is 3.42. The summed E-state index contributed by atoms with van der Waals surface area (Å²) >= 11 is 0. The highest BCUT2D eigenvalue weighted by Gasteiger charge is 2.32. The smallest absolute Gasteiger partial charge is 0.256 e. The number of nitrogens with zero attached hydrogens (tertiary/aromatic N) is 2. The van der Waals surface area contributed by atoms with Gasteiger partial charge in [0.1, 0.15) is 5.84 Å². The van der Waals surface area contributed by atoms with Gasteiger partial charge in [-0.2, -0.15) is 0 Å². The summed E-state index contributed by atoms with van der Waals surface area (Å²) in [5.74, 6) is 0.629. The molecule has 1 aliphatic carbocycles. The van der Waals surface area contributed by atoms with Crippen molar-refractivity contribution in [1.29, 1.82) is 0 Å². The number of sulfonamides is 1. The molecule has 3 rings (SSSR count). The Balaban J connectivity index is 1.72. The molecule has 8 heteroatoms. The number of nitrogens with one attached hydrogen (secondary N) is 1. The van der Waals surface area contributed by atoms with E-state index in [2.05, 4.69) is 9.71 Å². The van der Waals surface area contributed by atoms with Gasteiger partial charge in [-0.05, 0) is 30.9 Å². The molecule has 2 aliphatic heterocycles. The van der Waals surface area contributed by atoms with Crippen LogP contribution in [0.4, 0.5) is 0 Å². The van der Waals surface area contributed by atoms with Crippen molar-refractivity contribution in [3.05, 3.63) is 23.9 Å². The minimum absolute atomic E-state index is 0.0172. The zero-order chi connectivity index (χ0) is 15.0. The Hall–Kier alpha value is -1.67. The quantitative estimate of drug-likeness (QED) is 0.717. The lowest BCUT2D eigenvalue weighted by Gasteiger charge is -2.27. The third-order valence-electron chi connectivity index (χ3n) is 3.85. The van der Waals surface area contributed by atoms with E-state index < -0.39 is 10.0 Å². The van der Waals surface area contributed by atoms with Crippen LogP contribution >= 0.6 is 0 Å². The minimum Gasteiger partial charge on any atom is -0.348 e. The van der Waals surface area contributed by atoms with Gasteiger partial charge >= 0.3 is 0 Å². The predicted octanol–water partition coefficient (Wildman–Crippen LogP) is -0.662. The number of hydrogen-bond acceptors (Lipinski definition) is 5. The van der Waals surface area contributed by atoms with Gasteiger partial charge in [-0.25, -0.2) is 8.42 Å². The average Bonchev–Trinajstić information content (AvgIpc) is 3.27. The minimum atomic E-state index is -3.37. The summed E-state index contributed by atoms with van der Waals surface area (Å²) in [4.78, 5) is 13.9. The van der Waals surface area contributed by atoms with E-state index in [-0.39, 0.29) is 17.7 Å². The molecule has 0 saturated heterocycles. The third kappa shape index (κ3) is 3.16. The maximum Gasteiger partial charge on any atom is 0.256 e. The normalized spacial score (nSPS) is 24.7. The van der Waals surface area contributed by atoms with Gasteiger partial charge in [0.2, 0.25) is 0 Å². The number of amidine groups is 1. The zero-order valence-electron chi connectivity index (χ0n) is 11.5. The van der Waals surface area contributed by atoms with Crippen molar-refractivity contribution in [3.8, 4) is 0 Å². The highest BCUT2D eigenvalue weighted by atomic mass is 32.2. The molecule has 0 radical (unpaired) electrons. The summed E-state index contributed by atoms with van der Waals surface area (Å²) in [5.41, 5.74) is 6.17. The van der Waals surface area contributed by atoms with Crippen LogP contribution in [0.2, 0.25) is 0 Å². The Morgan fingerprint density at radius 3 is 2.90 bits per heavy atom. The number of hydrogen-bond donors (Lipinski definition) is 2. The van der Waals surface area contributed by atoms with E-state index in [1.807, 2.05) is 0 Å². The van der Waals surface area contributed by atoms with Gasteiger partial charge in [0.25, 0.3) is 15.9 Å². The Labute approximate surface area is 123 Å². The first kappa shape index (κ1) is 14.3. The molecule has 21 heavy (non-hydrogen) atoms. The standard InChI is InChI=1S/C13H18N4O3S/c14-7-11(9-1-2-9)15-13(18)10-3-4-12-16-21(19,20)6-5-17(12)8-10/h3-4,8-9,11H,1-2,5-7,14H2,(H,15,18). The molecule has 3 N–H and O–H groups in total. The summed E-state index contributed by atoms with van der Waals surface area (Å²) < 4.78 is 26.5. The lowest BCUT2D eigenvalue weighted by Crippen LogP contribution is -2.43. The van der Waals surface area contributed by atoms with E-state index in [0.29, 0.717) is 30.4 Å². The van der Waals surface area contributed by atoms with E-state index in [1.54, 1.807) is 23.3 Å². The fraction of sp³-hybridized carbons (Fsp3) is 0.538. The van der Waals surface area contributed by atoms with Crippen molar-refractivity contribution in [2.45, 2.75) is 18.9 Å². The summed E-state index contributed by atoms with van der Waals surface area (Å²) in [7, 11) is -3.37. The second kappa shape index (κ2) is 5.27. The predicted molar refractivity (Wildman–Crippen MR) is 78.9 cm³/mol. The van der Waals surface area contributed by atoms with Gasteiger partial charge in [-0.3, -0.25) is 4.79 Å². The van der Waals surface area contributed by atoms with E-state index in [1.165, 1.54) is 0 Å². The van der Waals surface area contributed by atoms with Crippen LogP contribution in [0.1, 0.15) is 12.8 Å². The number of fused-ring (bicyclic) bond motifs is 1. The van der Waals surface area contributed by atoms with Crippen LogP contribution in [-0.2, 0) is 14.8 Å².